The van der Waals surface area contributed by atoms with Crippen LogP contribution in [0.2, 0.25) is 0 Å². The SMILES string of the molecule is C=CC(=O)OC[C@@H](O)Cn1c2ccccc2c2ccccc21. The van der Waals surface area contributed by atoms with Gasteiger partial charge in [-0.3, -0.25) is 0 Å². The topological polar surface area (TPSA) is 51.5 Å². The summed E-state index contributed by atoms with van der Waals surface area (Å²) in [6.07, 6.45) is 0.316. The minimum Gasteiger partial charge on any atom is -0.460 e. The Morgan fingerprint density at radius 3 is 2.23 bits per heavy atom. The fourth-order valence-corrected chi connectivity index (χ4v) is 2.70. The van der Waals surface area contributed by atoms with Gasteiger partial charge in [0, 0.05) is 27.9 Å². The fourth-order valence-electron chi connectivity index (χ4n) is 2.70. The lowest BCUT2D eigenvalue weighted by Gasteiger charge is -2.13. The zero-order valence-electron chi connectivity index (χ0n) is 12.1. The Labute approximate surface area is 128 Å². The van der Waals surface area contributed by atoms with Gasteiger partial charge in [-0.15, -0.1) is 0 Å². The molecule has 2 aromatic carbocycles. The molecule has 3 aromatic rings. The summed E-state index contributed by atoms with van der Waals surface area (Å²) in [5.41, 5.74) is 2.11. The van der Waals surface area contributed by atoms with Crippen LogP contribution in [-0.2, 0) is 16.1 Å². The van der Waals surface area contributed by atoms with Gasteiger partial charge in [-0.25, -0.2) is 4.79 Å². The van der Waals surface area contributed by atoms with Gasteiger partial charge in [-0.2, -0.15) is 0 Å². The van der Waals surface area contributed by atoms with Gasteiger partial charge in [0.25, 0.3) is 0 Å². The summed E-state index contributed by atoms with van der Waals surface area (Å²) < 4.78 is 6.96. The van der Waals surface area contributed by atoms with Gasteiger partial charge >= 0.3 is 5.97 Å². The maximum Gasteiger partial charge on any atom is 0.330 e. The Hall–Kier alpha value is -2.59. The van der Waals surface area contributed by atoms with E-state index in [2.05, 4.69) is 23.3 Å². The molecule has 0 aliphatic heterocycles. The Morgan fingerprint density at radius 2 is 1.68 bits per heavy atom. The molecule has 0 aliphatic carbocycles. The van der Waals surface area contributed by atoms with Crippen LogP contribution in [0.1, 0.15) is 0 Å². The van der Waals surface area contributed by atoms with Gasteiger partial charge in [0.2, 0.25) is 0 Å². The Kier molecular flexibility index (Phi) is 3.94. The van der Waals surface area contributed by atoms with Crippen LogP contribution in [0.4, 0.5) is 0 Å². The standard InChI is InChI=1S/C18H17NO3/c1-2-18(21)22-12-13(20)11-19-16-9-5-3-7-14(16)15-8-4-6-10-17(15)19/h2-10,13,20H,1,11-12H2/t13-/m0/s1. The molecule has 22 heavy (non-hydrogen) atoms. The third kappa shape index (κ3) is 2.61. The highest BCUT2D eigenvalue weighted by Gasteiger charge is 2.14. The number of para-hydroxylation sites is 2. The lowest BCUT2D eigenvalue weighted by atomic mass is 10.2. The van der Waals surface area contributed by atoms with Crippen LogP contribution in [0, 0.1) is 0 Å². The molecule has 0 aliphatic rings. The molecule has 0 unspecified atom stereocenters. The molecule has 0 radical (unpaired) electrons. The average Bonchev–Trinajstić information content (AvgIpc) is 2.87. The number of aromatic nitrogens is 1. The van der Waals surface area contributed by atoms with E-state index in [4.69, 9.17) is 4.74 Å². The van der Waals surface area contributed by atoms with Crippen molar-refractivity contribution in [3.05, 3.63) is 61.2 Å². The normalized spacial score (nSPS) is 12.4. The lowest BCUT2D eigenvalue weighted by molar-refractivity contribution is -0.140. The van der Waals surface area contributed by atoms with Crippen molar-refractivity contribution in [2.75, 3.05) is 6.61 Å². The molecular weight excluding hydrogens is 278 g/mol. The van der Waals surface area contributed by atoms with Crippen molar-refractivity contribution in [3.63, 3.8) is 0 Å². The number of hydrogen-bond donors (Lipinski definition) is 1. The number of carbonyl (C=O) groups is 1. The third-order valence-corrected chi connectivity index (χ3v) is 3.66. The number of benzene rings is 2. The van der Waals surface area contributed by atoms with E-state index in [0.29, 0.717) is 6.54 Å². The van der Waals surface area contributed by atoms with Crippen molar-refractivity contribution in [2.24, 2.45) is 0 Å². The smallest absolute Gasteiger partial charge is 0.330 e. The minimum absolute atomic E-state index is 0.0499. The first-order chi connectivity index (χ1) is 10.7. The number of nitrogens with zero attached hydrogens (tertiary/aromatic N) is 1. The predicted molar refractivity (Wildman–Crippen MR) is 86.6 cm³/mol. The predicted octanol–water partition coefficient (Wildman–Crippen LogP) is 2.88. The van der Waals surface area contributed by atoms with Crippen LogP contribution < -0.4 is 0 Å². The van der Waals surface area contributed by atoms with Gasteiger partial charge in [0.15, 0.2) is 0 Å². The summed E-state index contributed by atoms with van der Waals surface area (Å²) in [5.74, 6) is -0.527. The van der Waals surface area contributed by atoms with Crippen molar-refractivity contribution in [3.8, 4) is 0 Å². The van der Waals surface area contributed by atoms with Gasteiger partial charge in [-0.1, -0.05) is 43.0 Å². The van der Waals surface area contributed by atoms with Crippen molar-refractivity contribution >= 4 is 27.8 Å². The Morgan fingerprint density at radius 1 is 1.14 bits per heavy atom. The molecule has 0 saturated carbocycles. The van der Waals surface area contributed by atoms with Crippen LogP contribution in [0.5, 0.6) is 0 Å². The molecule has 112 valence electrons. The summed E-state index contributed by atoms with van der Waals surface area (Å²) >= 11 is 0. The average molecular weight is 295 g/mol. The second-order valence-electron chi connectivity index (χ2n) is 5.13. The van der Waals surface area contributed by atoms with Crippen LogP contribution >= 0.6 is 0 Å². The van der Waals surface area contributed by atoms with Crippen molar-refractivity contribution in [2.45, 2.75) is 12.6 Å². The molecule has 0 fully saturated rings. The maximum absolute atomic E-state index is 11.1. The first-order valence-corrected chi connectivity index (χ1v) is 7.14. The summed E-state index contributed by atoms with van der Waals surface area (Å²) in [7, 11) is 0. The highest BCUT2D eigenvalue weighted by molar-refractivity contribution is 6.07. The van der Waals surface area contributed by atoms with E-state index >= 15 is 0 Å². The molecule has 0 amide bonds. The first-order valence-electron chi connectivity index (χ1n) is 7.14. The summed E-state index contributed by atoms with van der Waals surface area (Å²) in [5, 5.41) is 12.4. The number of carbonyl (C=O) groups excluding carboxylic acids is 1. The second-order valence-corrected chi connectivity index (χ2v) is 5.13. The molecular formula is C18H17NO3. The van der Waals surface area contributed by atoms with Crippen LogP contribution in [0.15, 0.2) is 61.2 Å². The highest BCUT2D eigenvalue weighted by Crippen LogP contribution is 2.28. The largest absolute Gasteiger partial charge is 0.460 e. The van der Waals surface area contributed by atoms with E-state index in [0.717, 1.165) is 27.9 Å². The molecule has 0 saturated heterocycles. The molecule has 1 atom stereocenters. The van der Waals surface area contributed by atoms with Crippen LogP contribution in [0.25, 0.3) is 21.8 Å². The molecule has 0 spiro atoms. The number of aliphatic hydroxyl groups is 1. The molecule has 1 N–H and O–H groups in total. The summed E-state index contributed by atoms with van der Waals surface area (Å²) in [4.78, 5) is 11.1. The molecule has 4 heteroatoms. The zero-order chi connectivity index (χ0) is 15.5. The highest BCUT2D eigenvalue weighted by atomic mass is 16.5. The van der Waals surface area contributed by atoms with Gasteiger partial charge in [0.1, 0.15) is 12.7 Å². The van der Waals surface area contributed by atoms with E-state index in [-0.39, 0.29) is 6.61 Å². The molecule has 4 nitrogen and oxygen atoms in total. The summed E-state index contributed by atoms with van der Waals surface area (Å²) in [6, 6.07) is 16.1. The van der Waals surface area contributed by atoms with E-state index in [9.17, 15) is 9.90 Å². The van der Waals surface area contributed by atoms with Crippen molar-refractivity contribution in [1.82, 2.24) is 4.57 Å². The quantitative estimate of drug-likeness (QED) is 0.581. The van der Waals surface area contributed by atoms with Crippen LogP contribution in [-0.4, -0.2) is 28.4 Å². The first kappa shape index (κ1) is 14.4. The molecule has 3 rings (SSSR count). The zero-order valence-corrected chi connectivity index (χ0v) is 12.1. The summed E-state index contributed by atoms with van der Waals surface area (Å²) in [6.45, 7) is 3.64. The number of aliphatic hydroxyl groups excluding tert-OH is 1. The monoisotopic (exact) mass is 295 g/mol. The maximum atomic E-state index is 11.1. The van der Waals surface area contributed by atoms with E-state index in [1.54, 1.807) is 0 Å². The van der Waals surface area contributed by atoms with E-state index in [1.165, 1.54) is 0 Å². The number of rotatable bonds is 5. The molecule has 0 bridgehead atoms. The van der Waals surface area contributed by atoms with Crippen LogP contribution in [0.3, 0.4) is 0 Å². The van der Waals surface area contributed by atoms with Crippen molar-refractivity contribution in [1.29, 1.82) is 0 Å². The second kappa shape index (κ2) is 6.03. The van der Waals surface area contributed by atoms with Crippen molar-refractivity contribution < 1.29 is 14.6 Å². The Balaban J connectivity index is 1.95. The number of esters is 1. The molecule has 1 aromatic heterocycles. The fraction of sp³-hybridized carbons (Fsp3) is 0.167. The van der Waals surface area contributed by atoms with E-state index in [1.807, 2.05) is 36.4 Å². The number of hydrogen-bond acceptors (Lipinski definition) is 3. The number of ether oxygens (including phenoxy) is 1. The third-order valence-electron chi connectivity index (χ3n) is 3.66. The van der Waals surface area contributed by atoms with Gasteiger partial charge < -0.3 is 14.4 Å². The van der Waals surface area contributed by atoms with E-state index < -0.39 is 12.1 Å². The minimum atomic E-state index is -0.775. The van der Waals surface area contributed by atoms with Gasteiger partial charge in [0.05, 0.1) is 6.54 Å². The Bertz CT molecular complexity index is 781. The van der Waals surface area contributed by atoms with Gasteiger partial charge in [-0.05, 0) is 12.1 Å². The number of fused-ring (bicyclic) bond motifs is 3. The lowest BCUT2D eigenvalue weighted by Crippen LogP contribution is -2.23. The molecule has 1 heterocycles.